The second-order valence-corrected chi connectivity index (χ2v) is 9.50. The highest BCUT2D eigenvalue weighted by atomic mass is 32.1. The van der Waals surface area contributed by atoms with Crippen LogP contribution in [0.4, 0.5) is 8.78 Å². The van der Waals surface area contributed by atoms with Crippen LogP contribution in [-0.2, 0) is 17.6 Å². The summed E-state index contributed by atoms with van der Waals surface area (Å²) in [5.74, 6) is -5.59. The number of halogens is 2. The van der Waals surface area contributed by atoms with E-state index in [2.05, 4.69) is 12.1 Å². The number of unbranched alkanes of at least 4 members (excludes halogenated alkanes) is 1. The minimum Gasteiger partial charge on any atom is -0.477 e. The van der Waals surface area contributed by atoms with Crippen LogP contribution in [0.15, 0.2) is 54.6 Å². The van der Waals surface area contributed by atoms with Gasteiger partial charge in [-0.25, -0.2) is 4.79 Å². The monoisotopic (exact) mass is 477 g/mol. The number of aromatic carboxylic acids is 1. The molecule has 1 aromatic heterocycles. The minimum absolute atomic E-state index is 0.150. The molecule has 1 aliphatic heterocycles. The number of aliphatic hydroxyl groups is 1. The molecule has 33 heavy (non-hydrogen) atoms. The highest BCUT2D eigenvalue weighted by Gasteiger charge is 2.52. The molecule has 1 fully saturated rings. The number of likely N-dealkylation sites (tertiary alicyclic amines) is 1. The summed E-state index contributed by atoms with van der Waals surface area (Å²) in [5, 5.41) is 19.2. The zero-order chi connectivity index (χ0) is 23.8. The highest BCUT2D eigenvalue weighted by Crippen LogP contribution is 2.34. The van der Waals surface area contributed by atoms with Crippen LogP contribution >= 0.6 is 11.3 Å². The number of carboxylic acid groups (broad SMARTS) is 1. The second kappa shape index (κ2) is 11.5. The third-order valence-electron chi connectivity index (χ3n) is 5.75. The van der Waals surface area contributed by atoms with E-state index in [9.17, 15) is 23.5 Å². The molecule has 2 heterocycles. The van der Waals surface area contributed by atoms with Crippen LogP contribution in [0, 0.1) is 0 Å². The van der Waals surface area contributed by atoms with E-state index in [-0.39, 0.29) is 11.4 Å². The molecule has 1 aromatic carbocycles. The summed E-state index contributed by atoms with van der Waals surface area (Å²) in [6, 6.07) is 12.5. The van der Waals surface area contributed by atoms with Crippen LogP contribution in [0.5, 0.6) is 0 Å². The number of hydrogen-bond donors (Lipinski definition) is 2. The molecule has 0 bridgehead atoms. The van der Waals surface area contributed by atoms with Crippen LogP contribution < -0.4 is 0 Å². The topological polar surface area (TPSA) is 77.8 Å². The summed E-state index contributed by atoms with van der Waals surface area (Å²) in [7, 11) is 0. The summed E-state index contributed by atoms with van der Waals surface area (Å²) >= 11 is 1.15. The van der Waals surface area contributed by atoms with E-state index in [1.165, 1.54) is 28.7 Å². The van der Waals surface area contributed by atoms with Crippen molar-refractivity contribution in [3.63, 3.8) is 0 Å². The van der Waals surface area contributed by atoms with Gasteiger partial charge in [-0.3, -0.25) is 4.79 Å². The number of benzene rings is 1. The molecule has 8 heteroatoms. The first-order valence-corrected chi connectivity index (χ1v) is 12.0. The van der Waals surface area contributed by atoms with Gasteiger partial charge in [0.25, 0.3) is 5.91 Å². The number of aliphatic hydroxyl groups excluding tert-OH is 1. The molecule has 0 spiro atoms. The third-order valence-corrected chi connectivity index (χ3v) is 6.88. The molecule has 2 aromatic rings. The highest BCUT2D eigenvalue weighted by molar-refractivity contribution is 7.13. The van der Waals surface area contributed by atoms with Crippen LogP contribution in [0.2, 0.25) is 0 Å². The quantitative estimate of drug-likeness (QED) is 0.335. The Hall–Kier alpha value is -2.58. The lowest BCUT2D eigenvalue weighted by Crippen LogP contribution is -2.36. The maximum Gasteiger partial charge on any atom is 0.345 e. The minimum atomic E-state index is -3.41. The number of alkyl halides is 2. The SMILES string of the molecule is O=C(O)c1ccc(CCCN2C(=O)C(F)(F)C[C@@H]2C=C[C@@H](O)CCCCc2ccccc2)s1. The molecule has 0 saturated carbocycles. The number of carboxylic acids is 1. The largest absolute Gasteiger partial charge is 0.477 e. The van der Waals surface area contributed by atoms with E-state index in [4.69, 9.17) is 5.11 Å². The summed E-state index contributed by atoms with van der Waals surface area (Å²) < 4.78 is 28.1. The molecule has 1 aliphatic rings. The van der Waals surface area contributed by atoms with E-state index in [1.54, 1.807) is 6.07 Å². The van der Waals surface area contributed by atoms with E-state index >= 15 is 0 Å². The van der Waals surface area contributed by atoms with Crippen molar-refractivity contribution in [2.75, 3.05) is 6.54 Å². The van der Waals surface area contributed by atoms with E-state index in [0.29, 0.717) is 19.3 Å². The first-order valence-electron chi connectivity index (χ1n) is 11.2. The van der Waals surface area contributed by atoms with Gasteiger partial charge in [-0.05, 0) is 49.8 Å². The van der Waals surface area contributed by atoms with Crippen molar-refractivity contribution in [2.24, 2.45) is 0 Å². The molecule has 0 radical (unpaired) electrons. The Balaban J connectivity index is 1.47. The Morgan fingerprint density at radius 1 is 1.15 bits per heavy atom. The van der Waals surface area contributed by atoms with E-state index in [0.717, 1.165) is 35.5 Å². The van der Waals surface area contributed by atoms with Crippen molar-refractivity contribution in [3.8, 4) is 0 Å². The van der Waals surface area contributed by atoms with Gasteiger partial charge < -0.3 is 15.1 Å². The number of hydrogen-bond acceptors (Lipinski definition) is 4. The van der Waals surface area contributed by atoms with Crippen LogP contribution in [-0.4, -0.2) is 51.6 Å². The summed E-state index contributed by atoms with van der Waals surface area (Å²) in [4.78, 5) is 25.4. The molecule has 3 rings (SSSR count). The lowest BCUT2D eigenvalue weighted by molar-refractivity contribution is -0.148. The predicted octanol–water partition coefficient (Wildman–Crippen LogP) is 4.95. The Bertz CT molecular complexity index is 960. The molecule has 0 aliphatic carbocycles. The van der Waals surface area contributed by atoms with Gasteiger partial charge in [0, 0.05) is 17.8 Å². The Morgan fingerprint density at radius 2 is 1.91 bits per heavy atom. The number of thiophene rings is 1. The molecule has 2 N–H and O–H groups in total. The molecule has 1 amide bonds. The van der Waals surface area contributed by atoms with Gasteiger partial charge in [-0.15, -0.1) is 11.3 Å². The van der Waals surface area contributed by atoms with Gasteiger partial charge in [0.1, 0.15) is 4.88 Å². The molecule has 5 nitrogen and oxygen atoms in total. The fraction of sp³-hybridized carbons (Fsp3) is 0.440. The summed E-state index contributed by atoms with van der Waals surface area (Å²) in [6.07, 6.45) is 5.86. The van der Waals surface area contributed by atoms with Gasteiger partial charge in [0.05, 0.1) is 12.1 Å². The van der Waals surface area contributed by atoms with E-state index in [1.807, 2.05) is 18.2 Å². The third kappa shape index (κ3) is 7.20. The van der Waals surface area contributed by atoms with Crippen LogP contribution in [0.1, 0.15) is 52.2 Å². The number of carbonyl (C=O) groups excluding carboxylic acids is 1. The van der Waals surface area contributed by atoms with Gasteiger partial charge in [-0.2, -0.15) is 8.78 Å². The fourth-order valence-corrected chi connectivity index (χ4v) is 4.88. The van der Waals surface area contributed by atoms with Crippen molar-refractivity contribution >= 4 is 23.2 Å². The zero-order valence-electron chi connectivity index (χ0n) is 18.3. The average molecular weight is 478 g/mol. The van der Waals surface area contributed by atoms with E-state index < -0.39 is 36.4 Å². The van der Waals surface area contributed by atoms with Gasteiger partial charge in [0.15, 0.2) is 0 Å². The molecular weight excluding hydrogens is 448 g/mol. The van der Waals surface area contributed by atoms with Crippen LogP contribution in [0.25, 0.3) is 0 Å². The van der Waals surface area contributed by atoms with Gasteiger partial charge in [-0.1, -0.05) is 48.9 Å². The number of amides is 1. The van der Waals surface area contributed by atoms with Gasteiger partial charge in [0.2, 0.25) is 0 Å². The zero-order valence-corrected chi connectivity index (χ0v) is 19.1. The number of nitrogens with zero attached hydrogens (tertiary/aromatic N) is 1. The fourth-order valence-electron chi connectivity index (χ4n) is 3.99. The standard InChI is InChI=1S/C25H29F2NO4S/c26-25(27)17-19(12-13-20(29)10-5-4-9-18-7-2-1-3-8-18)28(24(25)32)16-6-11-21-14-15-22(33-21)23(30)31/h1-3,7-8,12-15,19-20,29H,4-6,9-11,16-17H2,(H,30,31)/t19-,20-/m0/s1. The Kier molecular flexibility index (Phi) is 8.74. The first-order chi connectivity index (χ1) is 15.8. The van der Waals surface area contributed by atoms with Crippen molar-refractivity contribution in [1.82, 2.24) is 4.90 Å². The predicted molar refractivity (Wildman–Crippen MR) is 124 cm³/mol. The van der Waals surface area contributed by atoms with Crippen molar-refractivity contribution < 1.29 is 28.6 Å². The summed E-state index contributed by atoms with van der Waals surface area (Å²) in [6.45, 7) is 0.150. The first kappa shape index (κ1) is 25.1. The van der Waals surface area contributed by atoms with Crippen LogP contribution in [0.3, 0.4) is 0 Å². The normalized spacial score (nSPS) is 18.8. The molecule has 2 atom stereocenters. The van der Waals surface area contributed by atoms with Crippen molar-refractivity contribution in [3.05, 3.63) is 69.9 Å². The summed E-state index contributed by atoms with van der Waals surface area (Å²) in [5.41, 5.74) is 1.24. The maximum atomic E-state index is 14.1. The van der Waals surface area contributed by atoms with Crippen molar-refractivity contribution in [1.29, 1.82) is 0 Å². The smallest absolute Gasteiger partial charge is 0.345 e. The maximum absolute atomic E-state index is 14.1. The number of rotatable bonds is 12. The average Bonchev–Trinajstić information content (AvgIpc) is 3.34. The number of aryl methyl sites for hydroxylation is 2. The Labute approximate surface area is 196 Å². The number of carbonyl (C=O) groups is 2. The molecule has 1 saturated heterocycles. The molecule has 178 valence electrons. The Morgan fingerprint density at radius 3 is 2.61 bits per heavy atom. The lowest BCUT2D eigenvalue weighted by atomic mass is 10.0. The molecule has 0 unspecified atom stereocenters. The second-order valence-electron chi connectivity index (χ2n) is 8.33. The van der Waals surface area contributed by atoms with Crippen molar-refractivity contribution in [2.45, 2.75) is 63.0 Å². The lowest BCUT2D eigenvalue weighted by Gasteiger charge is -2.22. The molecular formula is C25H29F2NO4S. The van der Waals surface area contributed by atoms with Gasteiger partial charge >= 0.3 is 11.9 Å².